The van der Waals surface area contributed by atoms with Gasteiger partial charge in [-0.05, 0) is 42.7 Å². The maximum absolute atomic E-state index is 10.7. The second kappa shape index (κ2) is 4.05. The van der Waals surface area contributed by atoms with Crippen molar-refractivity contribution < 1.29 is 9.90 Å². The molecule has 2 atom stereocenters. The van der Waals surface area contributed by atoms with E-state index >= 15 is 0 Å². The molecule has 0 heterocycles. The van der Waals surface area contributed by atoms with Gasteiger partial charge in [0.25, 0.3) is 0 Å². The molecule has 0 bridgehead atoms. The third-order valence-corrected chi connectivity index (χ3v) is 3.10. The zero-order valence-electron chi connectivity index (χ0n) is 8.58. The minimum absolute atomic E-state index is 0.402. The quantitative estimate of drug-likeness (QED) is 0.662. The van der Waals surface area contributed by atoms with E-state index in [1.165, 1.54) is 0 Å². The number of aliphatic hydroxyl groups excluding tert-OH is 1. The van der Waals surface area contributed by atoms with Crippen molar-refractivity contribution in [3.05, 3.63) is 11.1 Å². The Morgan fingerprint density at radius 3 is 2.62 bits per heavy atom. The van der Waals surface area contributed by atoms with Gasteiger partial charge in [0.15, 0.2) is 0 Å². The summed E-state index contributed by atoms with van der Waals surface area (Å²) in [6, 6.07) is 0. The van der Waals surface area contributed by atoms with Gasteiger partial charge in [-0.25, -0.2) is 0 Å². The van der Waals surface area contributed by atoms with Gasteiger partial charge in [0.05, 0.1) is 6.10 Å². The highest BCUT2D eigenvalue weighted by Gasteiger charge is 2.26. The number of hydrogen-bond donors (Lipinski definition) is 1. The van der Waals surface area contributed by atoms with Crippen LogP contribution in [0, 0.1) is 11.8 Å². The fraction of sp³-hybridized carbons (Fsp3) is 0.727. The van der Waals surface area contributed by atoms with Crippen LogP contribution in [0.5, 0.6) is 0 Å². The number of carbonyl (C=O) groups is 1. The Labute approximate surface area is 79.6 Å². The number of carbonyl (C=O) groups excluding carboxylic acids is 1. The van der Waals surface area contributed by atoms with Gasteiger partial charge in [-0.2, -0.15) is 0 Å². The first-order valence-corrected chi connectivity index (χ1v) is 4.89. The summed E-state index contributed by atoms with van der Waals surface area (Å²) in [6.45, 7) is 6.13. The SMILES string of the molecule is CC1=C(C=O)CC(C(C)C)CC1O. The van der Waals surface area contributed by atoms with Crippen LogP contribution in [-0.2, 0) is 4.79 Å². The molecule has 0 saturated carbocycles. The third kappa shape index (κ3) is 2.19. The van der Waals surface area contributed by atoms with Crippen molar-refractivity contribution in [2.45, 2.75) is 39.7 Å². The number of rotatable bonds is 2. The van der Waals surface area contributed by atoms with E-state index in [4.69, 9.17) is 0 Å². The number of allylic oxidation sites excluding steroid dienone is 1. The monoisotopic (exact) mass is 182 g/mol. The molecule has 1 aliphatic carbocycles. The topological polar surface area (TPSA) is 37.3 Å². The molecule has 0 fully saturated rings. The zero-order chi connectivity index (χ0) is 10.0. The molecular formula is C11H18O2. The molecular weight excluding hydrogens is 164 g/mol. The van der Waals surface area contributed by atoms with E-state index in [0.29, 0.717) is 11.8 Å². The first-order chi connectivity index (χ1) is 6.06. The third-order valence-electron chi connectivity index (χ3n) is 3.10. The molecule has 0 aromatic carbocycles. The van der Waals surface area contributed by atoms with Crippen LogP contribution in [0.25, 0.3) is 0 Å². The normalized spacial score (nSPS) is 29.6. The Morgan fingerprint density at radius 1 is 1.54 bits per heavy atom. The van der Waals surface area contributed by atoms with Gasteiger partial charge in [-0.1, -0.05) is 13.8 Å². The Morgan fingerprint density at radius 2 is 2.15 bits per heavy atom. The minimum Gasteiger partial charge on any atom is -0.389 e. The summed E-state index contributed by atoms with van der Waals surface area (Å²) in [7, 11) is 0. The van der Waals surface area contributed by atoms with Gasteiger partial charge in [0.1, 0.15) is 6.29 Å². The maximum atomic E-state index is 10.7. The van der Waals surface area contributed by atoms with Crippen molar-refractivity contribution in [3.63, 3.8) is 0 Å². The molecule has 2 heteroatoms. The fourth-order valence-electron chi connectivity index (χ4n) is 1.85. The van der Waals surface area contributed by atoms with Crippen molar-refractivity contribution in [3.8, 4) is 0 Å². The maximum Gasteiger partial charge on any atom is 0.146 e. The molecule has 0 aromatic rings. The van der Waals surface area contributed by atoms with E-state index in [-0.39, 0.29) is 0 Å². The summed E-state index contributed by atoms with van der Waals surface area (Å²) < 4.78 is 0. The van der Waals surface area contributed by atoms with Gasteiger partial charge >= 0.3 is 0 Å². The van der Waals surface area contributed by atoms with Gasteiger partial charge in [0.2, 0.25) is 0 Å². The summed E-state index contributed by atoms with van der Waals surface area (Å²) in [5, 5.41) is 9.68. The highest BCUT2D eigenvalue weighted by molar-refractivity contribution is 5.75. The predicted molar refractivity (Wildman–Crippen MR) is 52.3 cm³/mol. The van der Waals surface area contributed by atoms with Crippen LogP contribution in [0.3, 0.4) is 0 Å². The molecule has 0 aromatic heterocycles. The Balaban J connectivity index is 2.82. The smallest absolute Gasteiger partial charge is 0.146 e. The average Bonchev–Trinajstić information content (AvgIpc) is 2.09. The van der Waals surface area contributed by atoms with Gasteiger partial charge in [-0.3, -0.25) is 4.79 Å². The summed E-state index contributed by atoms with van der Waals surface area (Å²) in [5.74, 6) is 0.997. The molecule has 0 saturated heterocycles. The molecule has 0 radical (unpaired) electrons. The van der Waals surface area contributed by atoms with E-state index in [9.17, 15) is 9.90 Å². The Bertz CT molecular complexity index is 228. The standard InChI is InChI=1S/C11H18O2/c1-7(2)9-4-10(6-12)8(3)11(13)5-9/h6-7,9,11,13H,4-5H2,1-3H3. The number of aldehydes is 1. The van der Waals surface area contributed by atoms with Crippen molar-refractivity contribution in [2.75, 3.05) is 0 Å². The highest BCUT2D eigenvalue weighted by atomic mass is 16.3. The Kier molecular flexibility index (Phi) is 3.26. The summed E-state index contributed by atoms with van der Waals surface area (Å²) in [5.41, 5.74) is 1.67. The first-order valence-electron chi connectivity index (χ1n) is 4.89. The Hall–Kier alpha value is -0.630. The largest absolute Gasteiger partial charge is 0.389 e. The lowest BCUT2D eigenvalue weighted by molar-refractivity contribution is -0.105. The lowest BCUT2D eigenvalue weighted by atomic mass is 9.77. The van der Waals surface area contributed by atoms with E-state index in [1.54, 1.807) is 0 Å². The summed E-state index contributed by atoms with van der Waals surface area (Å²) in [6.07, 6.45) is 2.14. The van der Waals surface area contributed by atoms with Crippen LogP contribution in [0.1, 0.15) is 33.6 Å². The van der Waals surface area contributed by atoms with E-state index in [2.05, 4.69) is 13.8 Å². The van der Waals surface area contributed by atoms with Crippen molar-refractivity contribution in [2.24, 2.45) is 11.8 Å². The van der Waals surface area contributed by atoms with Gasteiger partial charge < -0.3 is 5.11 Å². The number of hydrogen-bond acceptors (Lipinski definition) is 2. The van der Waals surface area contributed by atoms with E-state index in [0.717, 1.165) is 30.3 Å². The molecule has 13 heavy (non-hydrogen) atoms. The molecule has 0 aliphatic heterocycles. The minimum atomic E-state index is -0.402. The van der Waals surface area contributed by atoms with E-state index < -0.39 is 6.10 Å². The van der Waals surface area contributed by atoms with Crippen LogP contribution < -0.4 is 0 Å². The predicted octanol–water partition coefficient (Wildman–Crippen LogP) is 1.93. The van der Waals surface area contributed by atoms with Crippen molar-refractivity contribution in [1.82, 2.24) is 0 Å². The average molecular weight is 182 g/mol. The lowest BCUT2D eigenvalue weighted by Crippen LogP contribution is -2.25. The first kappa shape index (κ1) is 10.5. The summed E-state index contributed by atoms with van der Waals surface area (Å²) in [4.78, 5) is 10.7. The van der Waals surface area contributed by atoms with Crippen LogP contribution >= 0.6 is 0 Å². The van der Waals surface area contributed by atoms with Crippen LogP contribution in [0.4, 0.5) is 0 Å². The second-order valence-corrected chi connectivity index (χ2v) is 4.29. The summed E-state index contributed by atoms with van der Waals surface area (Å²) >= 11 is 0. The lowest BCUT2D eigenvalue weighted by Gasteiger charge is -2.30. The molecule has 74 valence electrons. The zero-order valence-corrected chi connectivity index (χ0v) is 8.58. The fourth-order valence-corrected chi connectivity index (χ4v) is 1.85. The van der Waals surface area contributed by atoms with Crippen LogP contribution in [0.15, 0.2) is 11.1 Å². The molecule has 2 unspecified atom stereocenters. The van der Waals surface area contributed by atoms with Crippen LogP contribution in [0.2, 0.25) is 0 Å². The van der Waals surface area contributed by atoms with Crippen molar-refractivity contribution >= 4 is 6.29 Å². The molecule has 2 nitrogen and oxygen atoms in total. The van der Waals surface area contributed by atoms with Gasteiger partial charge in [0, 0.05) is 0 Å². The molecule has 1 N–H and O–H groups in total. The number of aliphatic hydroxyl groups is 1. The molecule has 1 aliphatic rings. The van der Waals surface area contributed by atoms with Gasteiger partial charge in [-0.15, -0.1) is 0 Å². The highest BCUT2D eigenvalue weighted by Crippen LogP contribution is 2.32. The van der Waals surface area contributed by atoms with E-state index in [1.807, 2.05) is 6.92 Å². The van der Waals surface area contributed by atoms with Crippen molar-refractivity contribution in [1.29, 1.82) is 0 Å². The molecule has 1 rings (SSSR count). The second-order valence-electron chi connectivity index (χ2n) is 4.29. The molecule has 0 amide bonds. The van der Waals surface area contributed by atoms with Crippen LogP contribution in [-0.4, -0.2) is 17.5 Å². The molecule has 0 spiro atoms.